The molecule has 0 unspecified atom stereocenters. The van der Waals surface area contributed by atoms with E-state index in [1.165, 1.54) is 5.01 Å². The molecule has 4 aromatic rings. The summed E-state index contributed by atoms with van der Waals surface area (Å²) in [5.74, 6) is 2.18. The van der Waals surface area contributed by atoms with Crippen LogP contribution >= 0.6 is 0 Å². The molecule has 42 heavy (non-hydrogen) atoms. The minimum absolute atomic E-state index is 0.0223. The van der Waals surface area contributed by atoms with Gasteiger partial charge in [0.25, 0.3) is 5.91 Å². The number of terminal acetylenes is 1. The smallest absolute Gasteiger partial charge is 0.333 e. The molecule has 0 spiro atoms. The number of fused-ring (bicyclic) bond motifs is 2. The normalized spacial score (nSPS) is 18.5. The number of rotatable bonds is 7. The Hall–Kier alpha value is -5.13. The zero-order valence-corrected chi connectivity index (χ0v) is 23.1. The topological polar surface area (TPSA) is 76.2 Å². The second-order valence-electron chi connectivity index (χ2n) is 10.5. The SMILES string of the molecule is C#CCN(C(=O)NCc1ccccc1)N1CC(=O)N2[C@@H](c3ccccc3)C(=O)N(Cc3cccc4ccccc34)C[C@@H]21. The fraction of sp³-hybridized carbons (Fsp3) is 0.206. The van der Waals surface area contributed by atoms with Crippen LogP contribution in [0.15, 0.2) is 103 Å². The first-order chi connectivity index (χ1) is 20.5. The number of benzene rings is 4. The Morgan fingerprint density at radius 1 is 0.905 bits per heavy atom. The van der Waals surface area contributed by atoms with Crippen LogP contribution in [0, 0.1) is 12.3 Å². The highest BCUT2D eigenvalue weighted by molar-refractivity contribution is 5.93. The van der Waals surface area contributed by atoms with E-state index >= 15 is 0 Å². The Kier molecular flexibility index (Phi) is 7.58. The number of nitrogens with one attached hydrogen (secondary N) is 1. The lowest BCUT2D eigenvalue weighted by molar-refractivity contribution is -0.158. The molecule has 2 saturated heterocycles. The fourth-order valence-corrected chi connectivity index (χ4v) is 5.91. The van der Waals surface area contributed by atoms with Gasteiger partial charge in [-0.2, -0.15) is 5.01 Å². The summed E-state index contributed by atoms with van der Waals surface area (Å²) in [4.78, 5) is 44.6. The van der Waals surface area contributed by atoms with Crippen molar-refractivity contribution in [1.82, 2.24) is 25.1 Å². The number of amides is 4. The Bertz CT molecular complexity index is 1650. The van der Waals surface area contributed by atoms with E-state index in [2.05, 4.69) is 29.4 Å². The third kappa shape index (κ3) is 5.18. The molecule has 0 aliphatic carbocycles. The number of hydrazine groups is 1. The van der Waals surface area contributed by atoms with Crippen LogP contribution in [-0.2, 0) is 22.7 Å². The zero-order valence-electron chi connectivity index (χ0n) is 23.1. The van der Waals surface area contributed by atoms with E-state index in [4.69, 9.17) is 6.42 Å². The summed E-state index contributed by atoms with van der Waals surface area (Å²) in [5.41, 5.74) is 2.68. The van der Waals surface area contributed by atoms with Crippen LogP contribution in [0.25, 0.3) is 10.8 Å². The van der Waals surface area contributed by atoms with E-state index in [0.29, 0.717) is 13.1 Å². The van der Waals surface area contributed by atoms with Gasteiger partial charge in [-0.15, -0.1) is 6.42 Å². The highest BCUT2D eigenvalue weighted by Gasteiger charge is 2.52. The van der Waals surface area contributed by atoms with E-state index in [-0.39, 0.29) is 31.4 Å². The third-order valence-electron chi connectivity index (χ3n) is 7.89. The van der Waals surface area contributed by atoms with Crippen molar-refractivity contribution >= 4 is 28.6 Å². The molecule has 6 rings (SSSR count). The second-order valence-corrected chi connectivity index (χ2v) is 10.5. The molecule has 8 heteroatoms. The summed E-state index contributed by atoms with van der Waals surface area (Å²) in [5, 5.41) is 8.22. The molecule has 0 radical (unpaired) electrons. The summed E-state index contributed by atoms with van der Waals surface area (Å²) in [6, 6.07) is 31.8. The number of piperazine rings is 1. The molecule has 4 amide bonds. The van der Waals surface area contributed by atoms with Gasteiger partial charge in [-0.1, -0.05) is 109 Å². The van der Waals surface area contributed by atoms with Crippen LogP contribution in [0.3, 0.4) is 0 Å². The van der Waals surface area contributed by atoms with Gasteiger partial charge in [-0.3, -0.25) is 9.59 Å². The number of urea groups is 1. The van der Waals surface area contributed by atoms with Gasteiger partial charge < -0.3 is 15.1 Å². The molecule has 210 valence electrons. The standard InChI is InChI=1S/C34H31N5O3/c1-2-20-37(34(42)35-21-25-12-5-3-6-13-25)38-24-31(40)39-30(38)23-36(33(41)32(39)27-15-7-4-8-16-27)22-28-18-11-17-26-14-9-10-19-29(26)28/h1,3-19,30,32H,20-24H2,(H,35,42)/t30-,32+/m1/s1. The Morgan fingerprint density at radius 3 is 2.36 bits per heavy atom. The molecule has 2 heterocycles. The van der Waals surface area contributed by atoms with Gasteiger partial charge in [0, 0.05) is 13.1 Å². The van der Waals surface area contributed by atoms with Crippen molar-refractivity contribution in [2.75, 3.05) is 19.6 Å². The number of nitrogens with zero attached hydrogens (tertiary/aromatic N) is 4. The molecule has 2 atom stereocenters. The van der Waals surface area contributed by atoms with Crippen molar-refractivity contribution in [1.29, 1.82) is 0 Å². The first-order valence-electron chi connectivity index (χ1n) is 14.0. The number of hydrogen-bond acceptors (Lipinski definition) is 4. The Labute approximate surface area is 245 Å². The summed E-state index contributed by atoms with van der Waals surface area (Å²) < 4.78 is 0. The van der Waals surface area contributed by atoms with Crippen LogP contribution < -0.4 is 5.32 Å². The molecule has 1 N–H and O–H groups in total. The lowest BCUT2D eigenvalue weighted by atomic mass is 9.99. The van der Waals surface area contributed by atoms with Gasteiger partial charge in [0.05, 0.1) is 19.6 Å². The first-order valence-corrected chi connectivity index (χ1v) is 14.0. The summed E-state index contributed by atoms with van der Waals surface area (Å²) >= 11 is 0. The molecule has 4 aromatic carbocycles. The van der Waals surface area contributed by atoms with E-state index in [0.717, 1.165) is 27.5 Å². The van der Waals surface area contributed by atoms with Gasteiger partial charge >= 0.3 is 6.03 Å². The highest BCUT2D eigenvalue weighted by atomic mass is 16.2. The summed E-state index contributed by atoms with van der Waals surface area (Å²) in [7, 11) is 0. The van der Waals surface area contributed by atoms with Crippen LogP contribution in [0.2, 0.25) is 0 Å². The Balaban J connectivity index is 1.33. The maximum absolute atomic E-state index is 14.1. The van der Waals surface area contributed by atoms with Gasteiger partial charge in [0.1, 0.15) is 12.2 Å². The predicted octanol–water partition coefficient (Wildman–Crippen LogP) is 4.15. The van der Waals surface area contributed by atoms with Gasteiger partial charge in [-0.05, 0) is 27.5 Å². The first kappa shape index (κ1) is 27.1. The van der Waals surface area contributed by atoms with E-state index in [9.17, 15) is 14.4 Å². The lowest BCUT2D eigenvalue weighted by Crippen LogP contribution is -2.62. The molecule has 2 fully saturated rings. The lowest BCUT2D eigenvalue weighted by Gasteiger charge is -2.46. The molecule has 0 aromatic heterocycles. The largest absolute Gasteiger partial charge is 0.333 e. The van der Waals surface area contributed by atoms with Crippen LogP contribution in [-0.4, -0.2) is 63.5 Å². The van der Waals surface area contributed by atoms with E-state index in [1.807, 2.05) is 84.9 Å². The minimum atomic E-state index is -0.822. The summed E-state index contributed by atoms with van der Waals surface area (Å²) in [6.07, 6.45) is 5.13. The average Bonchev–Trinajstić information content (AvgIpc) is 3.35. The van der Waals surface area contributed by atoms with Crippen molar-refractivity contribution in [2.45, 2.75) is 25.3 Å². The molecule has 8 nitrogen and oxygen atoms in total. The van der Waals surface area contributed by atoms with E-state index in [1.54, 1.807) is 14.8 Å². The maximum atomic E-state index is 14.1. The molecule has 2 aliphatic rings. The number of hydrogen-bond donors (Lipinski definition) is 1. The molecule has 0 saturated carbocycles. The van der Waals surface area contributed by atoms with Crippen molar-refractivity contribution in [2.24, 2.45) is 0 Å². The third-order valence-corrected chi connectivity index (χ3v) is 7.89. The van der Waals surface area contributed by atoms with Crippen LogP contribution in [0.4, 0.5) is 4.79 Å². The van der Waals surface area contributed by atoms with Crippen molar-refractivity contribution in [3.63, 3.8) is 0 Å². The second kappa shape index (κ2) is 11.8. The molecule has 2 aliphatic heterocycles. The number of carbonyl (C=O) groups excluding carboxylic acids is 3. The van der Waals surface area contributed by atoms with Gasteiger partial charge in [-0.25, -0.2) is 9.80 Å². The average molecular weight is 558 g/mol. The predicted molar refractivity (Wildman–Crippen MR) is 160 cm³/mol. The van der Waals surface area contributed by atoms with Crippen LogP contribution in [0.1, 0.15) is 22.7 Å². The van der Waals surface area contributed by atoms with Crippen molar-refractivity contribution in [3.8, 4) is 12.3 Å². The maximum Gasteiger partial charge on any atom is 0.333 e. The Morgan fingerprint density at radius 2 is 1.60 bits per heavy atom. The highest BCUT2D eigenvalue weighted by Crippen LogP contribution is 2.36. The van der Waals surface area contributed by atoms with E-state index < -0.39 is 18.2 Å². The molecular weight excluding hydrogens is 526 g/mol. The number of carbonyl (C=O) groups is 3. The van der Waals surface area contributed by atoms with Crippen LogP contribution in [0.5, 0.6) is 0 Å². The molecular formula is C34H31N5O3. The van der Waals surface area contributed by atoms with Gasteiger partial charge in [0.2, 0.25) is 5.91 Å². The van der Waals surface area contributed by atoms with Crippen molar-refractivity contribution in [3.05, 3.63) is 120 Å². The molecule has 0 bridgehead atoms. The monoisotopic (exact) mass is 557 g/mol. The summed E-state index contributed by atoms with van der Waals surface area (Å²) in [6.45, 7) is 0.819. The zero-order chi connectivity index (χ0) is 29.1. The quantitative estimate of drug-likeness (QED) is 0.347. The van der Waals surface area contributed by atoms with Gasteiger partial charge in [0.15, 0.2) is 0 Å². The fourth-order valence-electron chi connectivity index (χ4n) is 5.91. The minimum Gasteiger partial charge on any atom is -0.333 e. The van der Waals surface area contributed by atoms with Crippen molar-refractivity contribution < 1.29 is 14.4 Å².